The molecular weight excluding hydrogens is 401 g/mol. The highest BCUT2D eigenvalue weighted by molar-refractivity contribution is 5.75. The van der Waals surface area contributed by atoms with E-state index in [-0.39, 0.29) is 10.7 Å². The van der Waals surface area contributed by atoms with Crippen LogP contribution in [0, 0.1) is 6.92 Å². The number of rotatable bonds is 4. The molecule has 4 nitrogen and oxygen atoms in total. The van der Waals surface area contributed by atoms with Crippen LogP contribution in [0.4, 0.5) is 48.3 Å². The van der Waals surface area contributed by atoms with Gasteiger partial charge in [0.25, 0.3) is 0 Å². The summed E-state index contributed by atoms with van der Waals surface area (Å²) >= 11 is 0. The number of carbonyl (C=O) groups excluding carboxylic acids is 1. The molecule has 0 radical (unpaired) electrons. The lowest BCUT2D eigenvalue weighted by atomic mass is 10.2. The largest absolute Gasteiger partial charge is 0.462 e. The normalized spacial score (nSPS) is 16.5. The standard InChI is InChI=1S/C11H7F11N2O2/c1-4-3-6(23-24(4)5(2)25)7(12,9(15,16)17)26-11(21,22)8(13,14)10(18,19)20/h3H,1-2H3/t7-/m0/s1. The summed E-state index contributed by atoms with van der Waals surface area (Å²) in [7, 11) is 0. The first-order valence-corrected chi connectivity index (χ1v) is 6.14. The number of alkyl halides is 11. The smallest absolute Gasteiger partial charge is 0.273 e. The summed E-state index contributed by atoms with van der Waals surface area (Å²) in [6.07, 6.45) is -20.6. The van der Waals surface area contributed by atoms with E-state index in [1.807, 2.05) is 0 Å². The van der Waals surface area contributed by atoms with Crippen molar-refractivity contribution in [3.8, 4) is 0 Å². The summed E-state index contributed by atoms with van der Waals surface area (Å²) < 4.78 is 143. The average Bonchev–Trinajstić information content (AvgIpc) is 2.78. The van der Waals surface area contributed by atoms with E-state index in [1.54, 1.807) is 0 Å². The fourth-order valence-corrected chi connectivity index (χ4v) is 1.61. The van der Waals surface area contributed by atoms with E-state index in [1.165, 1.54) is 0 Å². The second kappa shape index (κ2) is 6.06. The predicted molar refractivity (Wildman–Crippen MR) is 59.1 cm³/mol. The molecule has 0 fully saturated rings. The van der Waals surface area contributed by atoms with E-state index < -0.39 is 47.5 Å². The van der Waals surface area contributed by atoms with Crippen molar-refractivity contribution < 1.29 is 57.8 Å². The van der Waals surface area contributed by atoms with Crippen molar-refractivity contribution in [2.75, 3.05) is 0 Å². The minimum atomic E-state index is -7.17. The van der Waals surface area contributed by atoms with Crippen molar-refractivity contribution in [3.05, 3.63) is 17.5 Å². The number of aryl methyl sites for hydroxylation is 1. The third-order valence-corrected chi connectivity index (χ3v) is 2.87. The molecule has 0 aliphatic carbocycles. The molecule has 0 unspecified atom stereocenters. The van der Waals surface area contributed by atoms with E-state index >= 15 is 0 Å². The Kier molecular flexibility index (Phi) is 5.15. The molecule has 0 saturated heterocycles. The molecule has 0 aromatic carbocycles. The van der Waals surface area contributed by atoms with Gasteiger partial charge in [-0.1, -0.05) is 0 Å². The topological polar surface area (TPSA) is 44.1 Å². The average molecular weight is 408 g/mol. The Balaban J connectivity index is 3.53. The van der Waals surface area contributed by atoms with Crippen LogP contribution in [0.2, 0.25) is 0 Å². The summed E-state index contributed by atoms with van der Waals surface area (Å²) in [5, 5.41) is 2.66. The third kappa shape index (κ3) is 3.48. The molecule has 0 aliphatic rings. The van der Waals surface area contributed by atoms with E-state index in [0.717, 1.165) is 6.92 Å². The maximum absolute atomic E-state index is 14.2. The van der Waals surface area contributed by atoms with Crippen molar-refractivity contribution in [2.24, 2.45) is 0 Å². The zero-order chi connectivity index (χ0) is 20.9. The molecule has 0 aliphatic heterocycles. The van der Waals surface area contributed by atoms with Crippen LogP contribution >= 0.6 is 0 Å². The van der Waals surface area contributed by atoms with Gasteiger partial charge in [-0.05, 0) is 13.0 Å². The zero-order valence-electron chi connectivity index (χ0n) is 12.4. The first-order valence-electron chi connectivity index (χ1n) is 6.14. The van der Waals surface area contributed by atoms with E-state index in [4.69, 9.17) is 0 Å². The van der Waals surface area contributed by atoms with E-state index in [0.29, 0.717) is 6.92 Å². The number of halogens is 11. The Morgan fingerprint density at radius 3 is 1.73 bits per heavy atom. The molecule has 0 N–H and O–H groups in total. The Hall–Kier alpha value is -1.93. The fraction of sp³-hybridized carbons (Fsp3) is 0.636. The number of carbonyl (C=O) groups is 1. The van der Waals surface area contributed by atoms with Gasteiger partial charge in [-0.15, -0.1) is 0 Å². The Bertz CT molecular complexity index is 691. The SMILES string of the molecule is CC(=O)n1nc([C@](F)(OC(F)(F)C(F)(F)C(F)(F)F)C(F)(F)F)cc1C. The summed E-state index contributed by atoms with van der Waals surface area (Å²) in [5.74, 6) is -14.2. The van der Waals surface area contributed by atoms with Gasteiger partial charge in [0.2, 0.25) is 5.91 Å². The van der Waals surface area contributed by atoms with Crippen LogP contribution in [0.5, 0.6) is 0 Å². The molecule has 1 atom stereocenters. The molecule has 1 aromatic rings. The first kappa shape index (κ1) is 22.1. The molecule has 0 bridgehead atoms. The van der Waals surface area contributed by atoms with Crippen LogP contribution in [-0.2, 0) is 10.6 Å². The Labute approximate surface area is 136 Å². The molecule has 1 rings (SSSR count). The van der Waals surface area contributed by atoms with Crippen LogP contribution in [0.15, 0.2) is 6.07 Å². The number of hydrogen-bond donors (Lipinski definition) is 0. The summed E-state index contributed by atoms with van der Waals surface area (Å²) in [6.45, 7) is 1.57. The second-order valence-electron chi connectivity index (χ2n) is 4.89. The fourth-order valence-electron chi connectivity index (χ4n) is 1.61. The first-order chi connectivity index (χ1) is 11.3. The molecule has 0 spiro atoms. The molecule has 0 saturated carbocycles. The molecule has 0 amide bonds. The molecular formula is C11H7F11N2O2. The van der Waals surface area contributed by atoms with Crippen molar-refractivity contribution in [1.29, 1.82) is 0 Å². The number of aromatic nitrogens is 2. The highest BCUT2D eigenvalue weighted by Crippen LogP contribution is 2.53. The van der Waals surface area contributed by atoms with Gasteiger partial charge < -0.3 is 0 Å². The van der Waals surface area contributed by atoms with Gasteiger partial charge in [0.15, 0.2) is 0 Å². The lowest BCUT2D eigenvalue weighted by Crippen LogP contribution is -2.58. The molecule has 1 aromatic heterocycles. The van der Waals surface area contributed by atoms with Crippen LogP contribution < -0.4 is 0 Å². The maximum Gasteiger partial charge on any atom is 0.462 e. The van der Waals surface area contributed by atoms with Crippen molar-refractivity contribution >= 4 is 5.91 Å². The van der Waals surface area contributed by atoms with Gasteiger partial charge in [0, 0.05) is 12.6 Å². The van der Waals surface area contributed by atoms with Gasteiger partial charge in [0.1, 0.15) is 5.69 Å². The quantitative estimate of drug-likeness (QED) is 0.697. The van der Waals surface area contributed by atoms with Crippen LogP contribution in [-0.4, -0.2) is 40.1 Å². The van der Waals surface area contributed by atoms with Crippen molar-refractivity contribution in [2.45, 2.75) is 44.1 Å². The van der Waals surface area contributed by atoms with Crippen LogP contribution in [0.3, 0.4) is 0 Å². The molecule has 26 heavy (non-hydrogen) atoms. The predicted octanol–water partition coefficient (Wildman–Crippen LogP) is 4.34. The summed E-state index contributed by atoms with van der Waals surface area (Å²) in [5.41, 5.74) is -2.73. The minimum absolute atomic E-state index is 0.0245. The Morgan fingerprint density at radius 1 is 0.962 bits per heavy atom. The zero-order valence-corrected chi connectivity index (χ0v) is 12.4. The van der Waals surface area contributed by atoms with Gasteiger partial charge in [-0.25, -0.2) is 4.68 Å². The van der Waals surface area contributed by atoms with Crippen molar-refractivity contribution in [1.82, 2.24) is 9.78 Å². The summed E-state index contributed by atoms with van der Waals surface area (Å²) in [4.78, 5) is 11.1. The highest BCUT2D eigenvalue weighted by atomic mass is 19.4. The van der Waals surface area contributed by atoms with Gasteiger partial charge in [0.05, 0.1) is 0 Å². The van der Waals surface area contributed by atoms with Crippen molar-refractivity contribution in [3.63, 3.8) is 0 Å². The molecule has 15 heteroatoms. The van der Waals surface area contributed by atoms with Gasteiger partial charge in [-0.3, -0.25) is 9.53 Å². The number of nitrogens with zero attached hydrogens (tertiary/aromatic N) is 2. The van der Waals surface area contributed by atoms with E-state index in [2.05, 4.69) is 9.84 Å². The summed E-state index contributed by atoms with van der Waals surface area (Å²) in [6, 6.07) is 0.0245. The van der Waals surface area contributed by atoms with Gasteiger partial charge >= 0.3 is 30.2 Å². The second-order valence-corrected chi connectivity index (χ2v) is 4.89. The van der Waals surface area contributed by atoms with E-state index in [9.17, 15) is 53.1 Å². The van der Waals surface area contributed by atoms with Crippen LogP contribution in [0.25, 0.3) is 0 Å². The lowest BCUT2D eigenvalue weighted by molar-refractivity contribution is -0.488. The highest BCUT2D eigenvalue weighted by Gasteiger charge is 2.78. The number of ether oxygens (including phenoxy) is 1. The van der Waals surface area contributed by atoms with Gasteiger partial charge in [-0.2, -0.15) is 53.4 Å². The Morgan fingerprint density at radius 2 is 1.42 bits per heavy atom. The van der Waals surface area contributed by atoms with Crippen LogP contribution in [0.1, 0.15) is 23.1 Å². The molecule has 1 heterocycles. The lowest BCUT2D eigenvalue weighted by Gasteiger charge is -2.34. The molecule has 150 valence electrons. The monoisotopic (exact) mass is 408 g/mol. The maximum atomic E-state index is 14.2. The number of hydrogen-bond acceptors (Lipinski definition) is 3. The minimum Gasteiger partial charge on any atom is -0.273 e. The third-order valence-electron chi connectivity index (χ3n) is 2.87.